The van der Waals surface area contributed by atoms with Gasteiger partial charge in [-0.25, -0.2) is 0 Å². The second-order valence-corrected chi connectivity index (χ2v) is 6.51. The quantitative estimate of drug-likeness (QED) is 0.855. The van der Waals surface area contributed by atoms with E-state index in [4.69, 9.17) is 0 Å². The van der Waals surface area contributed by atoms with Crippen LogP contribution in [-0.4, -0.2) is 52.4 Å². The van der Waals surface area contributed by atoms with Crippen LogP contribution in [0.5, 0.6) is 0 Å². The van der Waals surface area contributed by atoms with Crippen molar-refractivity contribution in [2.24, 2.45) is 0 Å². The molecule has 8 heteroatoms. The average molecular weight is 366 g/mol. The van der Waals surface area contributed by atoms with Crippen LogP contribution in [0.3, 0.4) is 0 Å². The summed E-state index contributed by atoms with van der Waals surface area (Å²) >= 11 is 0. The predicted molar refractivity (Wildman–Crippen MR) is 90.7 cm³/mol. The Bertz CT molecular complexity index is 730. The van der Waals surface area contributed by atoms with Gasteiger partial charge >= 0.3 is 6.18 Å². The smallest absolute Gasteiger partial charge is 0.347 e. The number of halogens is 3. The van der Waals surface area contributed by atoms with E-state index in [-0.39, 0.29) is 24.2 Å². The molecule has 1 aromatic heterocycles. The third-order valence-corrected chi connectivity index (χ3v) is 4.36. The van der Waals surface area contributed by atoms with Crippen LogP contribution in [0.2, 0.25) is 0 Å². The van der Waals surface area contributed by atoms with Gasteiger partial charge in [0.2, 0.25) is 0 Å². The highest BCUT2D eigenvalue weighted by Crippen LogP contribution is 2.20. The zero-order valence-electron chi connectivity index (χ0n) is 14.2. The molecule has 1 aliphatic rings. The highest BCUT2D eigenvalue weighted by molar-refractivity contribution is 5.92. The summed E-state index contributed by atoms with van der Waals surface area (Å²) in [5.74, 6) is -0.345. The first-order chi connectivity index (χ1) is 12.4. The molecule has 1 unspecified atom stereocenters. The van der Waals surface area contributed by atoms with Crippen LogP contribution in [0.4, 0.5) is 13.2 Å². The molecule has 140 valence electrons. The maximum Gasteiger partial charge on any atom is 0.401 e. The summed E-state index contributed by atoms with van der Waals surface area (Å²) in [6.45, 7) is 0.253. The molecule has 26 heavy (non-hydrogen) atoms. The summed E-state index contributed by atoms with van der Waals surface area (Å²) in [6.07, 6.45) is -1.16. The monoisotopic (exact) mass is 366 g/mol. The van der Waals surface area contributed by atoms with Crippen molar-refractivity contribution in [2.75, 3.05) is 19.6 Å². The van der Waals surface area contributed by atoms with E-state index in [1.165, 1.54) is 10.5 Å². The van der Waals surface area contributed by atoms with Crippen LogP contribution in [0, 0.1) is 0 Å². The summed E-state index contributed by atoms with van der Waals surface area (Å²) in [6, 6.07) is 11.3. The lowest BCUT2D eigenvalue weighted by Gasteiger charge is -2.18. The first-order valence-corrected chi connectivity index (χ1v) is 8.56. The van der Waals surface area contributed by atoms with Gasteiger partial charge in [0.05, 0.1) is 6.54 Å². The Morgan fingerprint density at radius 2 is 2.00 bits per heavy atom. The summed E-state index contributed by atoms with van der Waals surface area (Å²) in [7, 11) is 0. The van der Waals surface area contributed by atoms with Crippen molar-refractivity contribution in [1.82, 2.24) is 20.0 Å². The molecule has 1 saturated heterocycles. The third-order valence-electron chi connectivity index (χ3n) is 4.36. The van der Waals surface area contributed by atoms with Gasteiger partial charge in [-0.3, -0.25) is 14.4 Å². The Balaban J connectivity index is 1.48. The average Bonchev–Trinajstić information content (AvgIpc) is 3.22. The van der Waals surface area contributed by atoms with Crippen LogP contribution in [-0.2, 0) is 13.0 Å². The minimum atomic E-state index is -4.21. The number of carbonyl (C=O) groups is 1. The molecule has 3 rings (SSSR count). The number of likely N-dealkylation sites (tertiary alicyclic amines) is 1. The molecule has 0 radical (unpaired) electrons. The molecule has 1 fully saturated rings. The van der Waals surface area contributed by atoms with E-state index in [2.05, 4.69) is 10.4 Å². The van der Waals surface area contributed by atoms with Gasteiger partial charge < -0.3 is 5.32 Å². The van der Waals surface area contributed by atoms with Gasteiger partial charge in [-0.05, 0) is 24.5 Å². The van der Waals surface area contributed by atoms with Crippen LogP contribution in [0.25, 0.3) is 0 Å². The van der Waals surface area contributed by atoms with E-state index in [9.17, 15) is 18.0 Å². The number of nitrogens with zero attached hydrogens (tertiary/aromatic N) is 3. The zero-order valence-corrected chi connectivity index (χ0v) is 14.2. The summed E-state index contributed by atoms with van der Waals surface area (Å²) in [5, 5.41) is 7.03. The molecule has 0 saturated carbocycles. The van der Waals surface area contributed by atoms with E-state index in [1.54, 1.807) is 16.9 Å². The van der Waals surface area contributed by atoms with Crippen LogP contribution >= 0.6 is 0 Å². The van der Waals surface area contributed by atoms with E-state index in [0.717, 1.165) is 6.42 Å². The lowest BCUT2D eigenvalue weighted by molar-refractivity contribution is -0.143. The summed E-state index contributed by atoms with van der Waals surface area (Å²) in [4.78, 5) is 13.6. The standard InChI is InChI=1S/C18H21F3N4O/c19-18(20,21)13-24-9-7-15(12-24)22-17(26)16-8-11-25(23-16)10-6-14-4-2-1-3-5-14/h1-5,8,11,15H,6-7,9-10,12-13H2,(H,22,26). The van der Waals surface area contributed by atoms with Crippen molar-refractivity contribution in [3.8, 4) is 0 Å². The second kappa shape index (κ2) is 7.90. The second-order valence-electron chi connectivity index (χ2n) is 6.51. The van der Waals surface area contributed by atoms with Crippen LogP contribution in [0.1, 0.15) is 22.5 Å². The third kappa shape index (κ3) is 5.32. The number of hydrogen-bond donors (Lipinski definition) is 1. The molecule has 2 aromatic rings. The Morgan fingerprint density at radius 3 is 2.73 bits per heavy atom. The lowest BCUT2D eigenvalue weighted by atomic mass is 10.2. The highest BCUT2D eigenvalue weighted by atomic mass is 19.4. The van der Waals surface area contributed by atoms with E-state index in [1.807, 2.05) is 30.3 Å². The van der Waals surface area contributed by atoms with Crippen molar-refractivity contribution in [2.45, 2.75) is 31.6 Å². The van der Waals surface area contributed by atoms with Crippen LogP contribution in [0.15, 0.2) is 42.6 Å². The van der Waals surface area contributed by atoms with Gasteiger partial charge in [0.25, 0.3) is 5.91 Å². The number of benzene rings is 1. The lowest BCUT2D eigenvalue weighted by Crippen LogP contribution is -2.39. The molecule has 1 aromatic carbocycles. The highest BCUT2D eigenvalue weighted by Gasteiger charge is 2.34. The zero-order chi connectivity index (χ0) is 18.6. The number of alkyl halides is 3. The van der Waals surface area contributed by atoms with Gasteiger partial charge in [-0.1, -0.05) is 30.3 Å². The Labute approximate surface area is 149 Å². The molecule has 1 amide bonds. The largest absolute Gasteiger partial charge is 0.401 e. The van der Waals surface area contributed by atoms with Gasteiger partial charge in [-0.2, -0.15) is 18.3 Å². The van der Waals surface area contributed by atoms with E-state index >= 15 is 0 Å². The Hall–Kier alpha value is -2.35. The molecule has 5 nitrogen and oxygen atoms in total. The van der Waals surface area contributed by atoms with Crippen molar-refractivity contribution in [1.29, 1.82) is 0 Å². The summed E-state index contributed by atoms with van der Waals surface area (Å²) < 4.78 is 39.0. The first-order valence-electron chi connectivity index (χ1n) is 8.56. The maximum atomic E-state index is 12.4. The number of hydrogen-bond acceptors (Lipinski definition) is 3. The first kappa shape index (κ1) is 18.4. The fourth-order valence-electron chi connectivity index (χ4n) is 3.10. The number of rotatable bonds is 6. The van der Waals surface area contributed by atoms with Gasteiger partial charge in [0, 0.05) is 31.9 Å². The SMILES string of the molecule is O=C(NC1CCN(CC(F)(F)F)C1)c1ccn(CCc2ccccc2)n1. The predicted octanol–water partition coefficient (Wildman–Crippen LogP) is 2.49. The fourth-order valence-corrected chi connectivity index (χ4v) is 3.10. The topological polar surface area (TPSA) is 50.2 Å². The van der Waals surface area contributed by atoms with Crippen molar-refractivity contribution >= 4 is 5.91 Å². The molecule has 1 N–H and O–H groups in total. The molecular formula is C18H21F3N4O. The van der Waals surface area contributed by atoms with Gasteiger partial charge in [0.1, 0.15) is 5.69 Å². The number of aromatic nitrogens is 2. The molecular weight excluding hydrogens is 345 g/mol. The van der Waals surface area contributed by atoms with Crippen molar-refractivity contribution < 1.29 is 18.0 Å². The molecule has 2 heterocycles. The Kier molecular flexibility index (Phi) is 5.61. The van der Waals surface area contributed by atoms with E-state index in [0.29, 0.717) is 19.5 Å². The van der Waals surface area contributed by atoms with Gasteiger partial charge in [-0.15, -0.1) is 0 Å². The minimum absolute atomic E-state index is 0.208. The van der Waals surface area contributed by atoms with Gasteiger partial charge in [0.15, 0.2) is 0 Å². The normalized spacial score (nSPS) is 18.2. The number of aryl methyl sites for hydroxylation is 2. The van der Waals surface area contributed by atoms with Crippen molar-refractivity contribution in [3.63, 3.8) is 0 Å². The van der Waals surface area contributed by atoms with E-state index < -0.39 is 12.7 Å². The summed E-state index contributed by atoms with van der Waals surface area (Å²) in [5.41, 5.74) is 1.47. The van der Waals surface area contributed by atoms with Crippen LogP contribution < -0.4 is 5.32 Å². The maximum absolute atomic E-state index is 12.4. The molecule has 0 aliphatic carbocycles. The number of amides is 1. The fraction of sp³-hybridized carbons (Fsp3) is 0.444. The molecule has 1 aliphatic heterocycles. The van der Waals surface area contributed by atoms with Crippen molar-refractivity contribution in [3.05, 3.63) is 53.9 Å². The molecule has 1 atom stereocenters. The molecule has 0 bridgehead atoms. The molecule has 0 spiro atoms. The number of carbonyl (C=O) groups excluding carboxylic acids is 1. The minimum Gasteiger partial charge on any atom is -0.347 e. The number of nitrogens with one attached hydrogen (secondary N) is 1. The Morgan fingerprint density at radius 1 is 1.23 bits per heavy atom.